The van der Waals surface area contributed by atoms with E-state index in [4.69, 9.17) is 21.1 Å². The topological polar surface area (TPSA) is 83.1 Å². The molecule has 3 atom stereocenters. The van der Waals surface area contributed by atoms with E-state index in [9.17, 15) is 14.0 Å². The number of ether oxygens (including phenoxy) is 2. The summed E-state index contributed by atoms with van der Waals surface area (Å²) in [7, 11) is 4.77. The van der Waals surface area contributed by atoms with E-state index in [1.807, 2.05) is 4.90 Å². The second-order valence-corrected chi connectivity index (χ2v) is 9.55. The molecular formula is C26H30ClFN4O4. The van der Waals surface area contributed by atoms with Crippen LogP contribution in [0.15, 0.2) is 42.5 Å². The Balaban J connectivity index is 1.50. The number of anilines is 2. The van der Waals surface area contributed by atoms with E-state index in [1.54, 1.807) is 44.4 Å². The summed E-state index contributed by atoms with van der Waals surface area (Å²) in [4.78, 5) is 28.8. The highest BCUT2D eigenvalue weighted by molar-refractivity contribution is 6.32. The van der Waals surface area contributed by atoms with Gasteiger partial charge in [0.25, 0.3) is 0 Å². The number of morpholine rings is 1. The monoisotopic (exact) mass is 516 g/mol. The minimum Gasteiger partial charge on any atom is -0.495 e. The molecule has 2 saturated heterocycles. The Hall–Kier alpha value is -3.30. The number of fused-ring (bicyclic) bond motifs is 2. The molecule has 192 valence electrons. The van der Waals surface area contributed by atoms with Crippen molar-refractivity contribution in [3.8, 4) is 5.75 Å². The lowest BCUT2D eigenvalue weighted by Gasteiger charge is -2.48. The van der Waals surface area contributed by atoms with Crippen LogP contribution in [0.5, 0.6) is 5.75 Å². The number of piperidine rings is 1. The van der Waals surface area contributed by atoms with Crippen LogP contribution in [0, 0.1) is 5.82 Å². The molecule has 2 aromatic carbocycles. The van der Waals surface area contributed by atoms with Gasteiger partial charge in [0.05, 0.1) is 43.1 Å². The average Bonchev–Trinajstić information content (AvgIpc) is 2.84. The molecule has 0 saturated carbocycles. The lowest BCUT2D eigenvalue weighted by molar-refractivity contribution is -0.145. The van der Waals surface area contributed by atoms with Crippen LogP contribution in [0.2, 0.25) is 5.02 Å². The molecule has 4 rings (SSSR count). The van der Waals surface area contributed by atoms with Crippen LogP contribution in [-0.2, 0) is 9.53 Å². The molecule has 3 amide bonds. The molecule has 2 bridgehead atoms. The highest BCUT2D eigenvalue weighted by Crippen LogP contribution is 2.33. The quantitative estimate of drug-likeness (QED) is 0.554. The van der Waals surface area contributed by atoms with Crippen LogP contribution in [0.4, 0.5) is 20.6 Å². The smallest absolute Gasteiger partial charge is 0.321 e. The van der Waals surface area contributed by atoms with E-state index in [2.05, 4.69) is 10.6 Å². The van der Waals surface area contributed by atoms with Crippen molar-refractivity contribution in [2.45, 2.75) is 31.0 Å². The van der Waals surface area contributed by atoms with Gasteiger partial charge in [-0.3, -0.25) is 4.79 Å². The number of urea groups is 1. The summed E-state index contributed by atoms with van der Waals surface area (Å²) in [6.45, 7) is 0.910. The van der Waals surface area contributed by atoms with Gasteiger partial charge in [0.2, 0.25) is 5.91 Å². The Labute approximate surface area is 215 Å². The van der Waals surface area contributed by atoms with Gasteiger partial charge >= 0.3 is 6.03 Å². The highest BCUT2D eigenvalue weighted by Gasteiger charge is 2.41. The zero-order valence-corrected chi connectivity index (χ0v) is 21.2. The summed E-state index contributed by atoms with van der Waals surface area (Å²) >= 11 is 6.27. The number of rotatable bonds is 6. The molecule has 2 aliphatic rings. The van der Waals surface area contributed by atoms with E-state index in [1.165, 1.54) is 30.2 Å². The van der Waals surface area contributed by atoms with E-state index >= 15 is 0 Å². The number of hydrogen-bond acceptors (Lipinski definition) is 5. The largest absolute Gasteiger partial charge is 0.495 e. The van der Waals surface area contributed by atoms with Gasteiger partial charge in [-0.25, -0.2) is 9.18 Å². The molecule has 2 fully saturated rings. The third kappa shape index (κ3) is 5.91. The second kappa shape index (κ2) is 11.2. The molecule has 0 aromatic heterocycles. The fourth-order valence-corrected chi connectivity index (χ4v) is 4.86. The van der Waals surface area contributed by atoms with E-state index < -0.39 is 0 Å². The molecule has 2 heterocycles. The van der Waals surface area contributed by atoms with Gasteiger partial charge in [-0.05, 0) is 55.3 Å². The van der Waals surface area contributed by atoms with Crippen molar-refractivity contribution in [3.63, 3.8) is 0 Å². The number of amides is 3. The summed E-state index contributed by atoms with van der Waals surface area (Å²) in [5, 5.41) is 6.60. The maximum Gasteiger partial charge on any atom is 0.321 e. The zero-order valence-electron chi connectivity index (χ0n) is 20.5. The van der Waals surface area contributed by atoms with Gasteiger partial charge in [0, 0.05) is 37.5 Å². The third-order valence-corrected chi connectivity index (χ3v) is 6.66. The molecular weight excluding hydrogens is 487 g/mol. The Kier molecular flexibility index (Phi) is 8.01. The van der Waals surface area contributed by atoms with Gasteiger partial charge in [0.15, 0.2) is 0 Å². The Morgan fingerprint density at radius 1 is 1.17 bits per heavy atom. The Morgan fingerprint density at radius 3 is 2.44 bits per heavy atom. The van der Waals surface area contributed by atoms with Crippen molar-refractivity contribution >= 4 is 41.0 Å². The van der Waals surface area contributed by atoms with Crippen molar-refractivity contribution in [2.24, 2.45) is 0 Å². The van der Waals surface area contributed by atoms with Gasteiger partial charge in [-0.2, -0.15) is 0 Å². The number of carbonyl (C=O) groups is 2. The number of hydrogen-bond donors (Lipinski definition) is 2. The number of benzene rings is 2. The van der Waals surface area contributed by atoms with Crippen molar-refractivity contribution < 1.29 is 23.5 Å². The summed E-state index contributed by atoms with van der Waals surface area (Å²) in [5.41, 5.74) is 1.91. The summed E-state index contributed by atoms with van der Waals surface area (Å²) < 4.78 is 24.3. The van der Waals surface area contributed by atoms with Gasteiger partial charge in [-0.1, -0.05) is 11.6 Å². The van der Waals surface area contributed by atoms with Crippen LogP contribution in [0.3, 0.4) is 0 Å². The molecule has 2 aliphatic heterocycles. The number of nitrogens with zero attached hydrogens (tertiary/aromatic N) is 2. The van der Waals surface area contributed by atoms with Crippen LogP contribution in [0.1, 0.15) is 18.4 Å². The average molecular weight is 517 g/mol. The van der Waals surface area contributed by atoms with Gasteiger partial charge < -0.3 is 29.9 Å². The Bertz CT molecular complexity index is 1130. The maximum absolute atomic E-state index is 13.3. The normalized spacial score (nSPS) is 21.2. The fourth-order valence-electron chi connectivity index (χ4n) is 4.62. The van der Waals surface area contributed by atoms with Crippen molar-refractivity contribution in [3.05, 3.63) is 58.9 Å². The first-order valence-electron chi connectivity index (χ1n) is 11.7. The summed E-state index contributed by atoms with van der Waals surface area (Å²) in [6.07, 6.45) is 4.59. The summed E-state index contributed by atoms with van der Waals surface area (Å²) in [6, 6.07) is 9.23. The predicted molar refractivity (Wildman–Crippen MR) is 138 cm³/mol. The number of nitrogens with one attached hydrogen (secondary N) is 2. The van der Waals surface area contributed by atoms with Crippen LogP contribution < -0.4 is 15.4 Å². The first kappa shape index (κ1) is 25.8. The van der Waals surface area contributed by atoms with Crippen LogP contribution in [0.25, 0.3) is 6.08 Å². The van der Waals surface area contributed by atoms with Gasteiger partial charge in [0.1, 0.15) is 11.6 Å². The van der Waals surface area contributed by atoms with Crippen molar-refractivity contribution in [1.82, 2.24) is 9.80 Å². The predicted octanol–water partition coefficient (Wildman–Crippen LogP) is 4.46. The molecule has 36 heavy (non-hydrogen) atoms. The molecule has 2 N–H and O–H groups in total. The van der Waals surface area contributed by atoms with Crippen LogP contribution >= 0.6 is 11.6 Å². The standard InChI is InChI=1S/C26H30ClFN4O4/c1-31(2)26(34)30-23-13-22(27)24(35-3)10-16(23)4-9-25(33)32-20-11-19(12-21(32)15-36-14-20)29-18-7-5-17(28)6-8-18/h4-10,13,19-21,29H,11-12,14-15H2,1-3H3,(H,30,34)/b9-4+/t19-,20+,21-. The number of carbonyl (C=O) groups excluding carboxylic acids is 2. The van der Waals surface area contributed by atoms with Crippen LogP contribution in [-0.4, -0.2) is 74.3 Å². The molecule has 0 spiro atoms. The summed E-state index contributed by atoms with van der Waals surface area (Å²) in [5.74, 6) is 0.0256. The third-order valence-electron chi connectivity index (χ3n) is 6.37. The SMILES string of the molecule is COc1cc(/C=C/C(=O)N2[C@@H]3COC[C@H]2C[C@H](Nc2ccc(F)cc2)C3)c(NC(=O)N(C)C)cc1Cl. The van der Waals surface area contributed by atoms with Crippen molar-refractivity contribution in [2.75, 3.05) is 45.1 Å². The molecule has 0 aliphatic carbocycles. The second-order valence-electron chi connectivity index (χ2n) is 9.14. The van der Waals surface area contributed by atoms with E-state index in [-0.39, 0.29) is 35.9 Å². The minimum atomic E-state index is -0.320. The highest BCUT2D eigenvalue weighted by atomic mass is 35.5. The molecule has 2 aromatic rings. The van der Waals surface area contributed by atoms with E-state index in [0.717, 1.165) is 5.69 Å². The zero-order chi connectivity index (χ0) is 25.8. The minimum absolute atomic E-state index is 0.0831. The molecule has 0 radical (unpaired) electrons. The van der Waals surface area contributed by atoms with Crippen molar-refractivity contribution in [1.29, 1.82) is 0 Å². The first-order valence-corrected chi connectivity index (χ1v) is 12.1. The van der Waals surface area contributed by atoms with E-state index in [0.29, 0.717) is 48.1 Å². The molecule has 10 heteroatoms. The maximum atomic E-state index is 13.3. The molecule has 8 nitrogen and oxygen atoms in total. The lowest BCUT2D eigenvalue weighted by Crippen LogP contribution is -2.60. The Morgan fingerprint density at radius 2 is 1.83 bits per heavy atom. The fraction of sp³-hybridized carbons (Fsp3) is 0.385. The first-order chi connectivity index (χ1) is 17.2. The van der Waals surface area contributed by atoms with Gasteiger partial charge in [-0.15, -0.1) is 0 Å². The number of methoxy groups -OCH3 is 1. The number of halogens is 2. The lowest BCUT2D eigenvalue weighted by atomic mass is 9.89. The molecule has 0 unspecified atom stereocenters.